The van der Waals surface area contributed by atoms with E-state index in [2.05, 4.69) is 10.6 Å². The van der Waals surface area contributed by atoms with Gasteiger partial charge < -0.3 is 20.1 Å². The molecule has 1 aliphatic carbocycles. The fraction of sp³-hybridized carbons (Fsp3) is 0.526. The highest BCUT2D eigenvalue weighted by molar-refractivity contribution is 6.07. The molecule has 2 heterocycles. The second-order valence-corrected chi connectivity index (χ2v) is 7.18. The summed E-state index contributed by atoms with van der Waals surface area (Å²) in [4.78, 5) is 38.0. The van der Waals surface area contributed by atoms with E-state index < -0.39 is 5.54 Å². The van der Waals surface area contributed by atoms with Crippen molar-refractivity contribution < 1.29 is 23.9 Å². The molecule has 27 heavy (non-hydrogen) atoms. The van der Waals surface area contributed by atoms with Crippen LogP contribution in [0.5, 0.6) is 11.5 Å². The molecule has 8 heteroatoms. The second-order valence-electron chi connectivity index (χ2n) is 7.18. The minimum atomic E-state index is -0.723. The molecule has 2 fully saturated rings. The zero-order valence-corrected chi connectivity index (χ0v) is 15.1. The van der Waals surface area contributed by atoms with Crippen LogP contribution < -0.4 is 20.1 Å². The van der Waals surface area contributed by atoms with Crippen LogP contribution in [0, 0.1) is 0 Å². The van der Waals surface area contributed by atoms with Crippen molar-refractivity contribution in [1.82, 2.24) is 15.5 Å². The summed E-state index contributed by atoms with van der Waals surface area (Å²) in [5.74, 6) is 0.979. The van der Waals surface area contributed by atoms with Crippen LogP contribution in [0.15, 0.2) is 18.2 Å². The Bertz CT molecular complexity index is 773. The molecule has 0 bridgehead atoms. The second kappa shape index (κ2) is 7.09. The molecule has 1 saturated heterocycles. The standard InChI is InChI=1S/C19H23N3O5/c23-16(20-12-13-3-4-14-15(11-13)27-10-9-26-14)5-8-22-17(24)19(21-18(22)25)6-1-2-7-19/h3-4,11H,1-2,5-10,12H2,(H,20,23)(H,21,25). The quantitative estimate of drug-likeness (QED) is 0.759. The van der Waals surface area contributed by atoms with E-state index in [4.69, 9.17) is 9.47 Å². The van der Waals surface area contributed by atoms with Gasteiger partial charge in [0.15, 0.2) is 11.5 Å². The molecule has 1 spiro atoms. The molecule has 8 nitrogen and oxygen atoms in total. The first-order chi connectivity index (χ1) is 13.1. The Morgan fingerprint density at radius 3 is 2.67 bits per heavy atom. The molecule has 1 aromatic carbocycles. The van der Waals surface area contributed by atoms with Crippen molar-refractivity contribution in [3.8, 4) is 11.5 Å². The van der Waals surface area contributed by atoms with Crippen LogP contribution in [0.3, 0.4) is 0 Å². The van der Waals surface area contributed by atoms with E-state index in [0.29, 0.717) is 44.1 Å². The van der Waals surface area contributed by atoms with Gasteiger partial charge in [-0.3, -0.25) is 14.5 Å². The molecule has 1 aromatic rings. The zero-order chi connectivity index (χ0) is 18.9. The van der Waals surface area contributed by atoms with Crippen LogP contribution in [0.4, 0.5) is 4.79 Å². The molecule has 1 saturated carbocycles. The van der Waals surface area contributed by atoms with E-state index in [9.17, 15) is 14.4 Å². The molecular formula is C19H23N3O5. The highest BCUT2D eigenvalue weighted by Crippen LogP contribution is 2.35. The average molecular weight is 373 g/mol. The summed E-state index contributed by atoms with van der Waals surface area (Å²) in [6, 6.07) is 5.15. The maximum Gasteiger partial charge on any atom is 0.325 e. The maximum atomic E-state index is 12.6. The van der Waals surface area contributed by atoms with Gasteiger partial charge in [-0.1, -0.05) is 18.9 Å². The Labute approximate surface area is 157 Å². The number of nitrogens with one attached hydrogen (secondary N) is 2. The van der Waals surface area contributed by atoms with Crippen molar-refractivity contribution >= 4 is 17.8 Å². The van der Waals surface area contributed by atoms with Gasteiger partial charge in [0.2, 0.25) is 5.91 Å². The van der Waals surface area contributed by atoms with Crippen LogP contribution in [0.1, 0.15) is 37.7 Å². The minimum absolute atomic E-state index is 0.0831. The lowest BCUT2D eigenvalue weighted by atomic mass is 9.98. The van der Waals surface area contributed by atoms with Crippen molar-refractivity contribution in [2.75, 3.05) is 19.8 Å². The van der Waals surface area contributed by atoms with Gasteiger partial charge in [0.25, 0.3) is 5.91 Å². The number of carbonyl (C=O) groups is 3. The minimum Gasteiger partial charge on any atom is -0.486 e. The van der Waals surface area contributed by atoms with E-state index in [-0.39, 0.29) is 30.8 Å². The molecule has 2 aliphatic heterocycles. The first-order valence-electron chi connectivity index (χ1n) is 9.37. The summed E-state index contributed by atoms with van der Waals surface area (Å²) in [5.41, 5.74) is 0.172. The number of fused-ring (bicyclic) bond motifs is 1. The van der Waals surface area contributed by atoms with Crippen LogP contribution in [0.25, 0.3) is 0 Å². The Morgan fingerprint density at radius 2 is 1.89 bits per heavy atom. The van der Waals surface area contributed by atoms with Crippen LogP contribution in [0.2, 0.25) is 0 Å². The molecular weight excluding hydrogens is 350 g/mol. The first-order valence-corrected chi connectivity index (χ1v) is 9.37. The number of rotatable bonds is 5. The zero-order valence-electron chi connectivity index (χ0n) is 15.1. The Morgan fingerprint density at radius 1 is 1.15 bits per heavy atom. The fourth-order valence-electron chi connectivity index (χ4n) is 3.90. The predicted molar refractivity (Wildman–Crippen MR) is 95.3 cm³/mol. The van der Waals surface area contributed by atoms with Gasteiger partial charge >= 0.3 is 6.03 Å². The molecule has 4 amide bonds. The van der Waals surface area contributed by atoms with E-state index in [1.54, 1.807) is 0 Å². The molecule has 0 radical (unpaired) electrons. The third kappa shape index (κ3) is 3.43. The number of benzene rings is 1. The summed E-state index contributed by atoms with van der Waals surface area (Å²) in [6.45, 7) is 1.49. The van der Waals surface area contributed by atoms with Gasteiger partial charge in [-0.2, -0.15) is 0 Å². The predicted octanol–water partition coefficient (Wildman–Crippen LogP) is 1.33. The Kier molecular flexibility index (Phi) is 4.63. The van der Waals surface area contributed by atoms with E-state index in [1.165, 1.54) is 4.90 Å². The monoisotopic (exact) mass is 373 g/mol. The van der Waals surface area contributed by atoms with Gasteiger partial charge in [-0.25, -0.2) is 4.79 Å². The molecule has 144 valence electrons. The summed E-state index contributed by atoms with van der Waals surface area (Å²) in [6.07, 6.45) is 3.33. The lowest BCUT2D eigenvalue weighted by Gasteiger charge is -2.20. The average Bonchev–Trinajstić information content (AvgIpc) is 3.24. The van der Waals surface area contributed by atoms with Crippen molar-refractivity contribution in [3.63, 3.8) is 0 Å². The number of urea groups is 1. The molecule has 0 aromatic heterocycles. The Hall–Kier alpha value is -2.77. The highest BCUT2D eigenvalue weighted by Gasteiger charge is 2.52. The van der Waals surface area contributed by atoms with Crippen molar-refractivity contribution in [2.24, 2.45) is 0 Å². The fourth-order valence-corrected chi connectivity index (χ4v) is 3.90. The maximum absolute atomic E-state index is 12.6. The van der Waals surface area contributed by atoms with Gasteiger partial charge in [0, 0.05) is 19.5 Å². The number of imide groups is 1. The van der Waals surface area contributed by atoms with E-state index in [0.717, 1.165) is 18.4 Å². The summed E-state index contributed by atoms with van der Waals surface area (Å²) >= 11 is 0. The van der Waals surface area contributed by atoms with E-state index in [1.807, 2.05) is 18.2 Å². The van der Waals surface area contributed by atoms with Crippen molar-refractivity contribution in [3.05, 3.63) is 23.8 Å². The summed E-state index contributed by atoms with van der Waals surface area (Å²) in [5, 5.41) is 5.64. The van der Waals surface area contributed by atoms with Gasteiger partial charge in [0.1, 0.15) is 18.8 Å². The number of hydrogen-bond acceptors (Lipinski definition) is 5. The molecule has 0 atom stereocenters. The van der Waals surface area contributed by atoms with Crippen LogP contribution >= 0.6 is 0 Å². The summed E-state index contributed by atoms with van der Waals surface area (Å²) in [7, 11) is 0. The topological polar surface area (TPSA) is 97.0 Å². The molecule has 3 aliphatic rings. The first kappa shape index (κ1) is 17.6. The number of hydrogen-bond donors (Lipinski definition) is 2. The van der Waals surface area contributed by atoms with E-state index >= 15 is 0 Å². The largest absolute Gasteiger partial charge is 0.486 e. The number of ether oxygens (including phenoxy) is 2. The van der Waals surface area contributed by atoms with Gasteiger partial charge in [-0.15, -0.1) is 0 Å². The number of carbonyl (C=O) groups excluding carboxylic acids is 3. The van der Waals surface area contributed by atoms with Crippen LogP contribution in [-0.2, 0) is 16.1 Å². The van der Waals surface area contributed by atoms with Crippen LogP contribution in [-0.4, -0.2) is 48.0 Å². The van der Waals surface area contributed by atoms with Gasteiger partial charge in [0.05, 0.1) is 0 Å². The lowest BCUT2D eigenvalue weighted by molar-refractivity contribution is -0.131. The number of amides is 4. The SMILES string of the molecule is O=C(CCN1C(=O)NC2(CCCC2)C1=O)NCc1ccc2c(c1)OCCO2. The molecule has 4 rings (SSSR count). The number of nitrogens with zero attached hydrogens (tertiary/aromatic N) is 1. The van der Waals surface area contributed by atoms with Crippen molar-refractivity contribution in [1.29, 1.82) is 0 Å². The molecule has 2 N–H and O–H groups in total. The third-order valence-electron chi connectivity index (χ3n) is 5.36. The molecule has 0 unspecified atom stereocenters. The van der Waals surface area contributed by atoms with Gasteiger partial charge in [-0.05, 0) is 30.5 Å². The highest BCUT2D eigenvalue weighted by atomic mass is 16.6. The lowest BCUT2D eigenvalue weighted by Crippen LogP contribution is -2.44. The smallest absolute Gasteiger partial charge is 0.325 e. The normalized spacial score (nSPS) is 20.1. The van der Waals surface area contributed by atoms with Crippen molar-refractivity contribution in [2.45, 2.75) is 44.2 Å². The summed E-state index contributed by atoms with van der Waals surface area (Å²) < 4.78 is 11.0. The third-order valence-corrected chi connectivity index (χ3v) is 5.36. The Balaban J connectivity index is 1.28.